The van der Waals surface area contributed by atoms with Gasteiger partial charge in [0.05, 0.1) is 11.3 Å². The summed E-state index contributed by atoms with van der Waals surface area (Å²) < 4.78 is 1.74. The number of hydrogen-bond donors (Lipinski definition) is 2. The van der Waals surface area contributed by atoms with E-state index in [2.05, 4.69) is 25.6 Å². The van der Waals surface area contributed by atoms with Crippen molar-refractivity contribution in [1.82, 2.24) is 30.3 Å². The van der Waals surface area contributed by atoms with Gasteiger partial charge in [0.1, 0.15) is 5.69 Å². The van der Waals surface area contributed by atoms with E-state index < -0.39 is 0 Å². The molecule has 30 heavy (non-hydrogen) atoms. The lowest BCUT2D eigenvalue weighted by molar-refractivity contribution is 0.0948. The Morgan fingerprint density at radius 3 is 2.53 bits per heavy atom. The fourth-order valence-corrected chi connectivity index (χ4v) is 3.33. The standard InChI is InChI=1S/C21H24N6O.2ClH/c28-21(24-11-14-26-12-9-22-10-13-26)19-16-27(18-6-2-1-3-7-18)25-20(19)17-5-4-8-23-15-17;;/h1-8,15-16,22H,9-14H2,(H,24,28);2*1H. The molecule has 7 nitrogen and oxygen atoms in total. The monoisotopic (exact) mass is 448 g/mol. The van der Waals surface area contributed by atoms with Gasteiger partial charge in [0, 0.05) is 63.4 Å². The van der Waals surface area contributed by atoms with Crippen molar-refractivity contribution in [2.45, 2.75) is 0 Å². The fraction of sp³-hybridized carbons (Fsp3) is 0.286. The molecule has 1 amide bonds. The molecule has 0 radical (unpaired) electrons. The number of halogens is 2. The molecule has 1 fully saturated rings. The van der Waals surface area contributed by atoms with Gasteiger partial charge >= 0.3 is 0 Å². The number of nitrogens with zero attached hydrogens (tertiary/aromatic N) is 4. The molecule has 2 aromatic heterocycles. The molecule has 0 spiro atoms. The molecular weight excluding hydrogens is 423 g/mol. The molecule has 0 atom stereocenters. The molecule has 0 aliphatic carbocycles. The van der Waals surface area contributed by atoms with E-state index in [1.54, 1.807) is 23.3 Å². The number of hydrogen-bond acceptors (Lipinski definition) is 5. The number of pyridine rings is 1. The number of amides is 1. The predicted octanol–water partition coefficient (Wildman–Crippen LogP) is 2.41. The highest BCUT2D eigenvalue weighted by atomic mass is 35.5. The summed E-state index contributed by atoms with van der Waals surface area (Å²) in [6, 6.07) is 13.6. The van der Waals surface area contributed by atoms with E-state index in [0.29, 0.717) is 17.8 Å². The van der Waals surface area contributed by atoms with Crippen LogP contribution >= 0.6 is 24.8 Å². The van der Waals surface area contributed by atoms with Crippen LogP contribution in [0.5, 0.6) is 0 Å². The van der Waals surface area contributed by atoms with E-state index in [1.165, 1.54) is 0 Å². The molecule has 4 rings (SSSR count). The minimum absolute atomic E-state index is 0. The van der Waals surface area contributed by atoms with Gasteiger partial charge in [0.15, 0.2) is 0 Å². The van der Waals surface area contributed by atoms with Crippen LogP contribution in [0.4, 0.5) is 0 Å². The maximum Gasteiger partial charge on any atom is 0.255 e. The van der Waals surface area contributed by atoms with Crippen LogP contribution in [-0.2, 0) is 0 Å². The van der Waals surface area contributed by atoms with Gasteiger partial charge in [-0.25, -0.2) is 4.68 Å². The largest absolute Gasteiger partial charge is 0.351 e. The average Bonchev–Trinajstić information content (AvgIpc) is 3.21. The summed E-state index contributed by atoms with van der Waals surface area (Å²) >= 11 is 0. The zero-order valence-electron chi connectivity index (χ0n) is 16.5. The van der Waals surface area contributed by atoms with Crippen LogP contribution < -0.4 is 10.6 Å². The number of para-hydroxylation sites is 1. The molecule has 0 saturated carbocycles. The third-order valence-electron chi connectivity index (χ3n) is 4.84. The smallest absolute Gasteiger partial charge is 0.255 e. The van der Waals surface area contributed by atoms with Gasteiger partial charge < -0.3 is 10.6 Å². The minimum Gasteiger partial charge on any atom is -0.351 e. The lowest BCUT2D eigenvalue weighted by Crippen LogP contribution is -2.46. The summed E-state index contributed by atoms with van der Waals surface area (Å²) in [6.07, 6.45) is 5.23. The lowest BCUT2D eigenvalue weighted by Gasteiger charge is -2.27. The summed E-state index contributed by atoms with van der Waals surface area (Å²) in [4.78, 5) is 19.4. The molecule has 1 aromatic carbocycles. The van der Waals surface area contributed by atoms with Crippen molar-refractivity contribution < 1.29 is 4.79 Å². The second-order valence-corrected chi connectivity index (χ2v) is 6.76. The van der Waals surface area contributed by atoms with E-state index in [1.807, 2.05) is 42.5 Å². The zero-order chi connectivity index (χ0) is 19.2. The molecule has 1 aliphatic rings. The fourth-order valence-electron chi connectivity index (χ4n) is 3.33. The molecular formula is C21H26Cl2N6O. The Balaban J connectivity index is 0.00000160. The molecule has 160 valence electrons. The Morgan fingerprint density at radius 2 is 1.83 bits per heavy atom. The number of rotatable bonds is 6. The molecule has 9 heteroatoms. The van der Waals surface area contributed by atoms with Gasteiger partial charge in [-0.1, -0.05) is 18.2 Å². The minimum atomic E-state index is -0.115. The summed E-state index contributed by atoms with van der Waals surface area (Å²) in [5.41, 5.74) is 2.92. The number of piperazine rings is 1. The van der Waals surface area contributed by atoms with Crippen LogP contribution in [0, 0.1) is 0 Å². The van der Waals surface area contributed by atoms with E-state index in [0.717, 1.165) is 44.0 Å². The van der Waals surface area contributed by atoms with Crippen LogP contribution in [0.2, 0.25) is 0 Å². The highest BCUT2D eigenvalue weighted by Crippen LogP contribution is 2.23. The van der Waals surface area contributed by atoms with Gasteiger partial charge in [-0.05, 0) is 24.3 Å². The molecule has 1 saturated heterocycles. The maximum absolute atomic E-state index is 12.9. The van der Waals surface area contributed by atoms with Crippen molar-refractivity contribution in [3.63, 3.8) is 0 Å². The van der Waals surface area contributed by atoms with Crippen LogP contribution in [0.1, 0.15) is 10.4 Å². The van der Waals surface area contributed by atoms with E-state index in [9.17, 15) is 4.79 Å². The molecule has 1 aliphatic heterocycles. The first-order valence-electron chi connectivity index (χ1n) is 9.58. The predicted molar refractivity (Wildman–Crippen MR) is 123 cm³/mol. The summed E-state index contributed by atoms with van der Waals surface area (Å²) in [5.74, 6) is -0.115. The highest BCUT2D eigenvalue weighted by molar-refractivity contribution is 5.99. The Morgan fingerprint density at radius 1 is 1.07 bits per heavy atom. The first kappa shape index (κ1) is 23.8. The molecule has 3 aromatic rings. The molecule has 3 heterocycles. The van der Waals surface area contributed by atoms with Crippen molar-refractivity contribution in [2.75, 3.05) is 39.3 Å². The van der Waals surface area contributed by atoms with Gasteiger partial charge in [-0.15, -0.1) is 24.8 Å². The maximum atomic E-state index is 12.9. The van der Waals surface area contributed by atoms with Crippen LogP contribution in [0.3, 0.4) is 0 Å². The first-order chi connectivity index (χ1) is 13.8. The van der Waals surface area contributed by atoms with E-state index >= 15 is 0 Å². The average molecular weight is 449 g/mol. The van der Waals surface area contributed by atoms with Crippen molar-refractivity contribution in [2.24, 2.45) is 0 Å². The van der Waals surface area contributed by atoms with Gasteiger partial charge in [-0.2, -0.15) is 5.10 Å². The van der Waals surface area contributed by atoms with Gasteiger partial charge in [-0.3, -0.25) is 14.7 Å². The van der Waals surface area contributed by atoms with Crippen LogP contribution in [-0.4, -0.2) is 64.8 Å². The quantitative estimate of drug-likeness (QED) is 0.605. The third kappa shape index (κ3) is 5.79. The summed E-state index contributed by atoms with van der Waals surface area (Å²) in [6.45, 7) is 5.50. The number of carbonyl (C=O) groups excluding carboxylic acids is 1. The Hall–Kier alpha value is -2.45. The second-order valence-electron chi connectivity index (χ2n) is 6.76. The first-order valence-corrected chi connectivity index (χ1v) is 9.58. The zero-order valence-corrected chi connectivity index (χ0v) is 18.2. The van der Waals surface area contributed by atoms with Gasteiger partial charge in [0.2, 0.25) is 0 Å². The number of carbonyl (C=O) groups is 1. The number of nitrogens with one attached hydrogen (secondary N) is 2. The van der Waals surface area contributed by atoms with Crippen molar-refractivity contribution in [1.29, 1.82) is 0 Å². The van der Waals surface area contributed by atoms with Crippen molar-refractivity contribution in [3.05, 3.63) is 66.6 Å². The molecule has 0 unspecified atom stereocenters. The second kappa shape index (κ2) is 11.7. The summed E-state index contributed by atoms with van der Waals surface area (Å²) in [7, 11) is 0. The molecule has 0 bridgehead atoms. The SMILES string of the molecule is Cl.Cl.O=C(NCCN1CCNCC1)c1cn(-c2ccccc2)nc1-c1cccnc1. The normalized spacial score (nSPS) is 13.7. The van der Waals surface area contributed by atoms with Crippen LogP contribution in [0.15, 0.2) is 61.1 Å². The Bertz CT molecular complexity index is 914. The Kier molecular flexibility index (Phi) is 9.26. The number of benzene rings is 1. The van der Waals surface area contributed by atoms with E-state index in [-0.39, 0.29) is 30.7 Å². The third-order valence-corrected chi connectivity index (χ3v) is 4.84. The lowest BCUT2D eigenvalue weighted by atomic mass is 10.1. The topological polar surface area (TPSA) is 75.1 Å². The van der Waals surface area contributed by atoms with E-state index in [4.69, 9.17) is 0 Å². The van der Waals surface area contributed by atoms with Crippen molar-refractivity contribution in [3.8, 4) is 16.9 Å². The van der Waals surface area contributed by atoms with Crippen molar-refractivity contribution >= 4 is 30.7 Å². The summed E-state index contributed by atoms with van der Waals surface area (Å²) in [5, 5.41) is 11.1. The highest BCUT2D eigenvalue weighted by Gasteiger charge is 2.19. The Labute approximate surface area is 188 Å². The number of aromatic nitrogens is 3. The van der Waals surface area contributed by atoms with Gasteiger partial charge in [0.25, 0.3) is 5.91 Å². The molecule has 2 N–H and O–H groups in total. The van der Waals surface area contributed by atoms with Crippen LogP contribution in [0.25, 0.3) is 16.9 Å².